The lowest BCUT2D eigenvalue weighted by atomic mass is 9.49. The number of benzene rings is 2. The molecular formula is C25H25ClN4O. The molecule has 0 atom stereocenters. The second-order valence-electron chi connectivity index (χ2n) is 9.74. The van der Waals surface area contributed by atoms with E-state index >= 15 is 0 Å². The van der Waals surface area contributed by atoms with Gasteiger partial charge in [0.05, 0.1) is 23.0 Å². The molecule has 1 N–H and O–H groups in total. The van der Waals surface area contributed by atoms with Gasteiger partial charge in [0, 0.05) is 16.3 Å². The van der Waals surface area contributed by atoms with Crippen molar-refractivity contribution in [2.24, 2.45) is 23.2 Å². The number of hydrogen-bond donors (Lipinski definition) is 1. The maximum absolute atomic E-state index is 13.3. The Morgan fingerprint density at radius 1 is 0.935 bits per heavy atom. The van der Waals surface area contributed by atoms with Crippen LogP contribution >= 0.6 is 11.6 Å². The summed E-state index contributed by atoms with van der Waals surface area (Å²) in [5, 5.41) is 12.3. The summed E-state index contributed by atoms with van der Waals surface area (Å²) in [7, 11) is 0. The first-order chi connectivity index (χ1) is 15.1. The smallest absolute Gasteiger partial charge is 0.230 e. The van der Waals surface area contributed by atoms with Gasteiger partial charge >= 0.3 is 0 Å². The third-order valence-electron chi connectivity index (χ3n) is 7.58. The van der Waals surface area contributed by atoms with Crippen LogP contribution in [0.25, 0.3) is 16.9 Å². The molecule has 4 saturated carbocycles. The van der Waals surface area contributed by atoms with Gasteiger partial charge in [0.25, 0.3) is 0 Å². The van der Waals surface area contributed by atoms with Gasteiger partial charge in [0.15, 0.2) is 0 Å². The van der Waals surface area contributed by atoms with Gasteiger partial charge in [-0.2, -0.15) is 0 Å². The summed E-state index contributed by atoms with van der Waals surface area (Å²) in [6, 6.07) is 15.5. The predicted octanol–water partition coefficient (Wildman–Crippen LogP) is 5.74. The van der Waals surface area contributed by atoms with Gasteiger partial charge in [0.1, 0.15) is 0 Å². The highest BCUT2D eigenvalue weighted by atomic mass is 35.5. The van der Waals surface area contributed by atoms with E-state index in [0.29, 0.717) is 5.02 Å². The van der Waals surface area contributed by atoms with Crippen molar-refractivity contribution in [1.82, 2.24) is 15.0 Å². The van der Waals surface area contributed by atoms with E-state index in [2.05, 4.69) is 15.6 Å². The van der Waals surface area contributed by atoms with E-state index in [9.17, 15) is 4.79 Å². The molecular weight excluding hydrogens is 408 g/mol. The molecule has 1 heterocycles. The molecule has 158 valence electrons. The molecule has 1 amide bonds. The van der Waals surface area contributed by atoms with E-state index in [4.69, 9.17) is 11.6 Å². The first kappa shape index (κ1) is 19.1. The van der Waals surface area contributed by atoms with Gasteiger partial charge in [-0.15, -0.1) is 5.10 Å². The summed E-state index contributed by atoms with van der Waals surface area (Å²) in [4.78, 5) is 13.3. The van der Waals surface area contributed by atoms with Crippen LogP contribution in [0.4, 0.5) is 5.69 Å². The molecule has 5 nitrogen and oxygen atoms in total. The molecule has 7 rings (SSSR count). The van der Waals surface area contributed by atoms with Gasteiger partial charge in [-0.05, 0) is 92.7 Å². The van der Waals surface area contributed by atoms with Crippen molar-refractivity contribution in [3.05, 3.63) is 59.8 Å². The molecule has 6 heteroatoms. The summed E-state index contributed by atoms with van der Waals surface area (Å²) in [6.07, 6.45) is 9.00. The lowest BCUT2D eigenvalue weighted by molar-refractivity contribution is -0.140. The van der Waals surface area contributed by atoms with Crippen LogP contribution in [0, 0.1) is 23.2 Å². The number of carbonyl (C=O) groups excluding carboxylic acids is 1. The summed E-state index contributed by atoms with van der Waals surface area (Å²) < 4.78 is 1.80. The van der Waals surface area contributed by atoms with E-state index in [1.807, 2.05) is 48.5 Å². The molecule has 4 fully saturated rings. The average molecular weight is 433 g/mol. The number of halogens is 1. The highest BCUT2D eigenvalue weighted by molar-refractivity contribution is 6.30. The molecule has 0 spiro atoms. The molecule has 3 aromatic rings. The van der Waals surface area contributed by atoms with Crippen molar-refractivity contribution in [2.45, 2.75) is 38.5 Å². The largest absolute Gasteiger partial charge is 0.326 e. The van der Waals surface area contributed by atoms with Crippen molar-refractivity contribution >= 4 is 23.2 Å². The highest BCUT2D eigenvalue weighted by Crippen LogP contribution is 2.60. The van der Waals surface area contributed by atoms with Crippen LogP contribution < -0.4 is 5.32 Å². The van der Waals surface area contributed by atoms with E-state index in [0.717, 1.165) is 59.6 Å². The van der Waals surface area contributed by atoms with Gasteiger partial charge in [-0.25, -0.2) is 4.68 Å². The second-order valence-corrected chi connectivity index (χ2v) is 10.2. The van der Waals surface area contributed by atoms with Crippen LogP contribution in [-0.2, 0) is 4.79 Å². The van der Waals surface area contributed by atoms with E-state index in [1.165, 1.54) is 19.3 Å². The van der Waals surface area contributed by atoms with Crippen molar-refractivity contribution in [3.63, 3.8) is 0 Å². The van der Waals surface area contributed by atoms with E-state index < -0.39 is 0 Å². The number of rotatable bonds is 4. The Kier molecular flexibility index (Phi) is 4.42. The van der Waals surface area contributed by atoms with Crippen LogP contribution in [0.1, 0.15) is 38.5 Å². The quantitative estimate of drug-likeness (QED) is 0.571. The van der Waals surface area contributed by atoms with Crippen LogP contribution in [0.3, 0.4) is 0 Å². The summed E-state index contributed by atoms with van der Waals surface area (Å²) in [6.45, 7) is 0. The molecule has 4 aliphatic rings. The number of nitrogens with one attached hydrogen (secondary N) is 1. The van der Waals surface area contributed by atoms with Gasteiger partial charge in [-0.3, -0.25) is 4.79 Å². The van der Waals surface area contributed by atoms with Crippen LogP contribution in [0.15, 0.2) is 54.7 Å². The van der Waals surface area contributed by atoms with Gasteiger partial charge in [0.2, 0.25) is 5.91 Å². The lowest BCUT2D eigenvalue weighted by Crippen LogP contribution is -2.51. The number of amides is 1. The zero-order chi connectivity index (χ0) is 21.0. The number of anilines is 1. The number of nitrogens with zero attached hydrogens (tertiary/aromatic N) is 3. The second kappa shape index (κ2) is 7.20. The molecule has 0 unspecified atom stereocenters. The lowest BCUT2D eigenvalue weighted by Gasteiger charge is -2.55. The van der Waals surface area contributed by atoms with Crippen molar-refractivity contribution in [3.8, 4) is 16.9 Å². The first-order valence-corrected chi connectivity index (χ1v) is 11.5. The molecule has 31 heavy (non-hydrogen) atoms. The molecule has 0 saturated heterocycles. The third-order valence-corrected chi connectivity index (χ3v) is 7.83. The minimum absolute atomic E-state index is 0.138. The Morgan fingerprint density at radius 3 is 2.16 bits per heavy atom. The Morgan fingerprint density at radius 2 is 1.55 bits per heavy atom. The topological polar surface area (TPSA) is 59.8 Å². The molecule has 1 aromatic heterocycles. The average Bonchev–Trinajstić information content (AvgIpc) is 3.24. The zero-order valence-electron chi connectivity index (χ0n) is 17.3. The molecule has 0 aliphatic heterocycles. The molecule has 2 aromatic carbocycles. The number of carbonyl (C=O) groups is 1. The fourth-order valence-electron chi connectivity index (χ4n) is 6.58. The van der Waals surface area contributed by atoms with Crippen molar-refractivity contribution < 1.29 is 4.79 Å². The fraction of sp³-hybridized carbons (Fsp3) is 0.400. The molecule has 4 bridgehead atoms. The van der Waals surface area contributed by atoms with Crippen molar-refractivity contribution in [1.29, 1.82) is 0 Å². The third kappa shape index (κ3) is 3.35. The zero-order valence-corrected chi connectivity index (χ0v) is 18.1. The predicted molar refractivity (Wildman–Crippen MR) is 121 cm³/mol. The van der Waals surface area contributed by atoms with E-state index in [1.54, 1.807) is 10.9 Å². The van der Waals surface area contributed by atoms with Crippen LogP contribution in [-0.4, -0.2) is 20.9 Å². The maximum atomic E-state index is 13.3. The standard InChI is InChI=1S/C25H25ClN4O/c26-20-3-1-19(2-4-20)23-15-27-29-30(23)22-7-5-21(6-8-22)28-24(31)25-12-16-9-17(13-25)11-18(10-16)14-25/h1-8,15-18H,9-14H2,(H,28,31). The van der Waals surface area contributed by atoms with Gasteiger partial charge < -0.3 is 5.32 Å². The van der Waals surface area contributed by atoms with E-state index in [-0.39, 0.29) is 11.3 Å². The summed E-state index contributed by atoms with van der Waals surface area (Å²) in [5.41, 5.74) is 3.49. The fourth-order valence-corrected chi connectivity index (χ4v) is 6.71. The SMILES string of the molecule is O=C(Nc1ccc(-n2nncc2-c2ccc(Cl)cc2)cc1)C12CC3CC(CC(C3)C1)C2. The highest BCUT2D eigenvalue weighted by Gasteiger charge is 2.54. The van der Waals surface area contributed by atoms with Crippen LogP contribution in [0.5, 0.6) is 0 Å². The minimum Gasteiger partial charge on any atom is -0.326 e. The molecule has 0 radical (unpaired) electrons. The summed E-state index contributed by atoms with van der Waals surface area (Å²) >= 11 is 6.01. The number of aromatic nitrogens is 3. The van der Waals surface area contributed by atoms with Gasteiger partial charge in [-0.1, -0.05) is 28.9 Å². The Balaban J connectivity index is 1.21. The molecule has 4 aliphatic carbocycles. The summed E-state index contributed by atoms with van der Waals surface area (Å²) in [5.74, 6) is 2.51. The minimum atomic E-state index is -0.138. The van der Waals surface area contributed by atoms with Crippen molar-refractivity contribution in [2.75, 3.05) is 5.32 Å². The number of hydrogen-bond acceptors (Lipinski definition) is 3. The Bertz CT molecular complexity index is 1080. The maximum Gasteiger partial charge on any atom is 0.230 e. The van der Waals surface area contributed by atoms with Crippen LogP contribution in [0.2, 0.25) is 5.02 Å². The first-order valence-electron chi connectivity index (χ1n) is 11.2. The Labute approximate surface area is 186 Å². The monoisotopic (exact) mass is 432 g/mol. The normalized spacial score (nSPS) is 28.6. The Hall–Kier alpha value is -2.66.